The fourth-order valence-electron chi connectivity index (χ4n) is 8.86. The molecule has 9 aromatic carbocycles. The van der Waals surface area contributed by atoms with Gasteiger partial charge in [-0.3, -0.25) is 0 Å². The van der Waals surface area contributed by atoms with Crippen molar-refractivity contribution in [1.29, 1.82) is 0 Å². The summed E-state index contributed by atoms with van der Waals surface area (Å²) in [5.74, 6) is 0. The van der Waals surface area contributed by atoms with E-state index in [0.29, 0.717) is 0 Å². The summed E-state index contributed by atoms with van der Waals surface area (Å²) in [4.78, 5) is 2.42. The molecule has 0 saturated heterocycles. The van der Waals surface area contributed by atoms with Crippen molar-refractivity contribution in [3.05, 3.63) is 194 Å². The topological polar surface area (TPSA) is 8.17 Å². The van der Waals surface area contributed by atoms with E-state index in [0.717, 1.165) is 22.7 Å². The van der Waals surface area contributed by atoms with Crippen LogP contribution in [0.15, 0.2) is 194 Å². The van der Waals surface area contributed by atoms with Crippen molar-refractivity contribution in [3.8, 4) is 16.8 Å². The van der Waals surface area contributed by atoms with E-state index in [1.807, 2.05) is 22.7 Å². The van der Waals surface area contributed by atoms with Gasteiger partial charge in [0.15, 0.2) is 0 Å². The number of hydrogen-bond acceptors (Lipinski definition) is 3. The minimum atomic E-state index is 1.12. The molecule has 0 aliphatic carbocycles. The number of aromatic nitrogens is 1. The number of fused-ring (bicyclic) bond motifs is 11. The Morgan fingerprint density at radius 1 is 0.375 bits per heavy atom. The Balaban J connectivity index is 1.18. The highest BCUT2D eigenvalue weighted by atomic mass is 32.1. The molecule has 12 aromatic rings. The molecule has 0 atom stereocenters. The number of anilines is 3. The second-order valence-corrected chi connectivity index (χ2v) is 16.7. The third-order valence-electron chi connectivity index (χ3n) is 11.3. The molecular formula is C52H32N2S2. The Kier molecular flexibility index (Phi) is 7.00. The maximum Gasteiger partial charge on any atom is 0.0625 e. The first-order valence-corrected chi connectivity index (χ1v) is 20.6. The first kappa shape index (κ1) is 31.6. The van der Waals surface area contributed by atoms with E-state index in [1.165, 1.54) is 84.0 Å². The summed E-state index contributed by atoms with van der Waals surface area (Å²) >= 11 is 3.73. The molecule has 0 radical (unpaired) electrons. The van der Waals surface area contributed by atoms with Gasteiger partial charge < -0.3 is 9.47 Å². The third-order valence-corrected chi connectivity index (χ3v) is 13.6. The normalized spacial score (nSPS) is 11.9. The number of para-hydroxylation sites is 2. The quantitative estimate of drug-likeness (QED) is 0.170. The van der Waals surface area contributed by atoms with Crippen molar-refractivity contribution < 1.29 is 0 Å². The SMILES string of the molecule is c1ccc(N(c2ccc3c(c2)sc2ccccc23)c2ccc3c(c2)c2c(-c4ccc5sc6ccccc6c5c4)cc4ccccc4c2n3-c2ccccc2)cc1. The Labute approximate surface area is 331 Å². The number of rotatable bonds is 5. The molecule has 0 aliphatic heterocycles. The molecule has 0 amide bonds. The van der Waals surface area contributed by atoms with E-state index in [9.17, 15) is 0 Å². The van der Waals surface area contributed by atoms with Gasteiger partial charge in [-0.2, -0.15) is 0 Å². The van der Waals surface area contributed by atoms with Crippen molar-refractivity contribution in [1.82, 2.24) is 4.57 Å². The molecule has 0 fully saturated rings. The third kappa shape index (κ3) is 4.80. The summed E-state index contributed by atoms with van der Waals surface area (Å²) in [6.45, 7) is 0. The van der Waals surface area contributed by atoms with E-state index < -0.39 is 0 Å². The van der Waals surface area contributed by atoms with Crippen LogP contribution in [0.1, 0.15) is 0 Å². The van der Waals surface area contributed by atoms with E-state index in [1.54, 1.807) is 0 Å². The van der Waals surface area contributed by atoms with Crippen LogP contribution in [0, 0.1) is 0 Å². The lowest BCUT2D eigenvalue weighted by atomic mass is 9.94. The summed E-state index contributed by atoms with van der Waals surface area (Å²) in [6, 6.07) is 71.5. The lowest BCUT2D eigenvalue weighted by molar-refractivity contribution is 1.18. The molecule has 0 saturated carbocycles. The predicted octanol–water partition coefficient (Wildman–Crippen LogP) is 15.8. The summed E-state index contributed by atoms with van der Waals surface area (Å²) < 4.78 is 7.72. The zero-order valence-electron chi connectivity index (χ0n) is 30.2. The average Bonchev–Trinajstić information content (AvgIpc) is 3.93. The summed E-state index contributed by atoms with van der Waals surface area (Å²) in [7, 11) is 0. The van der Waals surface area contributed by atoms with Crippen LogP contribution in [0.5, 0.6) is 0 Å². The molecule has 56 heavy (non-hydrogen) atoms. The fourth-order valence-corrected chi connectivity index (χ4v) is 11.1. The Bertz CT molecular complexity index is 3480. The van der Waals surface area contributed by atoms with Crippen LogP contribution >= 0.6 is 22.7 Å². The maximum atomic E-state index is 2.48. The summed E-state index contributed by atoms with van der Waals surface area (Å²) in [5.41, 5.74) is 9.41. The second kappa shape index (κ2) is 12.4. The zero-order valence-corrected chi connectivity index (χ0v) is 31.8. The molecule has 12 rings (SSSR count). The lowest BCUT2D eigenvalue weighted by Gasteiger charge is -2.26. The van der Waals surface area contributed by atoms with E-state index in [2.05, 4.69) is 204 Å². The van der Waals surface area contributed by atoms with Crippen LogP contribution in [0.4, 0.5) is 17.1 Å². The van der Waals surface area contributed by atoms with Gasteiger partial charge in [-0.25, -0.2) is 0 Å². The van der Waals surface area contributed by atoms with Crippen LogP contribution in [0.2, 0.25) is 0 Å². The van der Waals surface area contributed by atoms with Gasteiger partial charge in [-0.1, -0.05) is 109 Å². The average molecular weight is 749 g/mol. The largest absolute Gasteiger partial charge is 0.310 e. The summed E-state index contributed by atoms with van der Waals surface area (Å²) in [6.07, 6.45) is 0. The van der Waals surface area contributed by atoms with Crippen molar-refractivity contribution >= 4 is 113 Å². The second-order valence-electron chi connectivity index (χ2n) is 14.5. The highest BCUT2D eigenvalue weighted by Crippen LogP contribution is 2.47. The maximum absolute atomic E-state index is 2.48. The Hall–Kier alpha value is -6.72. The summed E-state index contributed by atoms with van der Waals surface area (Å²) in [5, 5.41) is 10.2. The number of benzene rings is 9. The molecule has 0 aliphatic rings. The number of thiophene rings is 2. The van der Waals surface area contributed by atoms with Crippen LogP contribution in [0.3, 0.4) is 0 Å². The molecule has 3 heterocycles. The van der Waals surface area contributed by atoms with Gasteiger partial charge in [-0.15, -0.1) is 22.7 Å². The van der Waals surface area contributed by atoms with Crippen molar-refractivity contribution in [2.24, 2.45) is 0 Å². The molecule has 0 N–H and O–H groups in total. The highest BCUT2D eigenvalue weighted by molar-refractivity contribution is 7.26. The van der Waals surface area contributed by atoms with E-state index >= 15 is 0 Å². The minimum absolute atomic E-state index is 1.12. The smallest absolute Gasteiger partial charge is 0.0625 e. The van der Waals surface area contributed by atoms with Crippen LogP contribution in [-0.4, -0.2) is 4.57 Å². The molecule has 4 heteroatoms. The molecule has 0 unspecified atom stereocenters. The number of nitrogens with zero attached hydrogens (tertiary/aromatic N) is 2. The van der Waals surface area contributed by atoms with Gasteiger partial charge in [0.2, 0.25) is 0 Å². The van der Waals surface area contributed by atoms with Crippen LogP contribution in [0.25, 0.3) is 89.7 Å². The van der Waals surface area contributed by atoms with Gasteiger partial charge in [0.1, 0.15) is 0 Å². The van der Waals surface area contributed by atoms with Gasteiger partial charge >= 0.3 is 0 Å². The highest BCUT2D eigenvalue weighted by Gasteiger charge is 2.22. The zero-order chi connectivity index (χ0) is 36.7. The molecule has 3 aromatic heterocycles. The fraction of sp³-hybridized carbons (Fsp3) is 0. The first-order chi connectivity index (χ1) is 27.8. The molecular weight excluding hydrogens is 717 g/mol. The Morgan fingerprint density at radius 3 is 1.79 bits per heavy atom. The molecule has 0 bridgehead atoms. The van der Waals surface area contributed by atoms with Gasteiger partial charge in [0.05, 0.1) is 11.0 Å². The first-order valence-electron chi connectivity index (χ1n) is 19.0. The molecule has 0 spiro atoms. The standard InChI is InChI=1S/C52H32N2S2/c1-3-14-35(15-4-1)53(38-24-26-42-40-19-9-11-21-47(40)56-50(42)32-38)37-25-27-46-45(31-37)51-43(34-23-28-49-44(30-34)41-20-10-12-22-48(41)55-49)29-33-13-7-8-18-39(33)52(51)54(46)36-16-5-2-6-17-36/h1-32H. The van der Waals surface area contributed by atoms with Crippen molar-refractivity contribution in [2.75, 3.05) is 4.90 Å². The van der Waals surface area contributed by atoms with Gasteiger partial charge in [0.25, 0.3) is 0 Å². The predicted molar refractivity (Wildman–Crippen MR) is 244 cm³/mol. The monoisotopic (exact) mass is 748 g/mol. The Morgan fingerprint density at radius 2 is 0.982 bits per heavy atom. The van der Waals surface area contributed by atoms with E-state index in [4.69, 9.17) is 0 Å². The van der Waals surface area contributed by atoms with Gasteiger partial charge in [-0.05, 0) is 101 Å². The number of hydrogen-bond donors (Lipinski definition) is 0. The molecule has 262 valence electrons. The molecule has 2 nitrogen and oxygen atoms in total. The minimum Gasteiger partial charge on any atom is -0.310 e. The van der Waals surface area contributed by atoms with Crippen molar-refractivity contribution in [3.63, 3.8) is 0 Å². The van der Waals surface area contributed by atoms with E-state index in [-0.39, 0.29) is 0 Å². The lowest BCUT2D eigenvalue weighted by Crippen LogP contribution is -2.09. The van der Waals surface area contributed by atoms with Gasteiger partial charge in [0, 0.05) is 79.3 Å². The van der Waals surface area contributed by atoms with Crippen LogP contribution in [-0.2, 0) is 0 Å². The van der Waals surface area contributed by atoms with Crippen molar-refractivity contribution in [2.45, 2.75) is 0 Å². The van der Waals surface area contributed by atoms with Crippen LogP contribution < -0.4 is 4.90 Å².